The second-order valence-electron chi connectivity index (χ2n) is 7.57. The molecule has 3 N–H and O–H groups in total. The van der Waals surface area contributed by atoms with Gasteiger partial charge in [0.2, 0.25) is 10.0 Å². The second kappa shape index (κ2) is 6.64. The van der Waals surface area contributed by atoms with Crippen molar-refractivity contribution in [2.45, 2.75) is 38.5 Å². The van der Waals surface area contributed by atoms with Crippen molar-refractivity contribution >= 4 is 26.6 Å². The molecule has 0 saturated heterocycles. The van der Waals surface area contributed by atoms with Crippen molar-refractivity contribution in [1.82, 2.24) is 14.7 Å². The van der Waals surface area contributed by atoms with Crippen LogP contribution in [0.4, 0.5) is 0 Å². The van der Waals surface area contributed by atoms with E-state index >= 15 is 0 Å². The molecule has 0 saturated carbocycles. The van der Waals surface area contributed by atoms with Crippen molar-refractivity contribution < 1.29 is 13.5 Å². The van der Waals surface area contributed by atoms with E-state index < -0.39 is 20.8 Å². The predicted octanol–water partition coefficient (Wildman–Crippen LogP) is 2.52. The first-order valence-corrected chi connectivity index (χ1v) is 10.2. The highest BCUT2D eigenvalue weighted by Crippen LogP contribution is 2.32. The number of nitrogens with zero attached hydrogens (tertiary/aromatic N) is 1. The highest BCUT2D eigenvalue weighted by Gasteiger charge is 2.34. The fourth-order valence-corrected chi connectivity index (χ4v) is 5.17. The lowest BCUT2D eigenvalue weighted by atomic mass is 9.92. The average Bonchev–Trinajstić information content (AvgIpc) is 2.93. The van der Waals surface area contributed by atoms with Crippen molar-refractivity contribution in [3.8, 4) is 0 Å². The van der Waals surface area contributed by atoms with Gasteiger partial charge in [-0.1, -0.05) is 25.2 Å². The SMILES string of the molecule is Cc1cc2c(C3=CC(C)C(S(=O)(=O)NC(C)(C)CO)C=C3)ccnc2[nH]1. The third-order valence-corrected chi connectivity index (χ3v) is 6.72. The van der Waals surface area contributed by atoms with Crippen LogP contribution in [0.3, 0.4) is 0 Å². The molecule has 0 amide bonds. The number of hydrogen-bond acceptors (Lipinski definition) is 4. The summed E-state index contributed by atoms with van der Waals surface area (Å²) in [6.45, 7) is 6.92. The molecule has 0 aliphatic heterocycles. The minimum absolute atomic E-state index is 0.203. The molecule has 1 aliphatic rings. The van der Waals surface area contributed by atoms with Gasteiger partial charge in [-0.2, -0.15) is 0 Å². The molecule has 0 radical (unpaired) electrons. The van der Waals surface area contributed by atoms with Crippen LogP contribution in [-0.2, 0) is 10.0 Å². The summed E-state index contributed by atoms with van der Waals surface area (Å²) in [5.41, 5.74) is 2.97. The quantitative estimate of drug-likeness (QED) is 0.748. The van der Waals surface area contributed by atoms with Crippen molar-refractivity contribution in [2.75, 3.05) is 6.61 Å². The number of sulfonamides is 1. The molecule has 6 nitrogen and oxygen atoms in total. The number of pyridine rings is 1. The average molecular weight is 375 g/mol. The molecular weight excluding hydrogens is 350 g/mol. The zero-order valence-corrected chi connectivity index (χ0v) is 16.3. The van der Waals surface area contributed by atoms with Gasteiger partial charge in [0.15, 0.2) is 0 Å². The zero-order valence-electron chi connectivity index (χ0n) is 15.4. The summed E-state index contributed by atoms with van der Waals surface area (Å²) in [5, 5.41) is 9.69. The number of fused-ring (bicyclic) bond motifs is 1. The van der Waals surface area contributed by atoms with E-state index in [0.717, 1.165) is 27.9 Å². The molecular formula is C19H25N3O3S. The summed E-state index contributed by atoms with van der Waals surface area (Å²) in [7, 11) is -3.61. The van der Waals surface area contributed by atoms with Crippen LogP contribution >= 0.6 is 0 Å². The number of hydrogen-bond donors (Lipinski definition) is 3. The van der Waals surface area contributed by atoms with Gasteiger partial charge < -0.3 is 10.1 Å². The number of aromatic amines is 1. The summed E-state index contributed by atoms with van der Waals surface area (Å²) in [6, 6.07) is 3.99. The topological polar surface area (TPSA) is 95.1 Å². The Hall–Kier alpha value is -1.96. The molecule has 0 spiro atoms. The van der Waals surface area contributed by atoms with Crippen molar-refractivity contribution in [3.63, 3.8) is 0 Å². The van der Waals surface area contributed by atoms with E-state index in [4.69, 9.17) is 0 Å². The maximum absolute atomic E-state index is 12.7. The van der Waals surface area contributed by atoms with Gasteiger partial charge in [-0.25, -0.2) is 18.1 Å². The van der Waals surface area contributed by atoms with Crippen LogP contribution in [0.15, 0.2) is 36.6 Å². The number of rotatable bonds is 5. The Labute approximate surface area is 154 Å². The standard InChI is InChI=1S/C19H25N3O3S/c1-12-9-14(15-7-8-20-18-16(15)10-13(2)21-18)5-6-17(12)26(24,25)22-19(3,4)11-23/h5-10,12,17,22-23H,11H2,1-4H3,(H,20,21). The van der Waals surface area contributed by atoms with Crippen molar-refractivity contribution in [2.24, 2.45) is 5.92 Å². The molecule has 26 heavy (non-hydrogen) atoms. The van der Waals surface area contributed by atoms with Gasteiger partial charge in [-0.3, -0.25) is 0 Å². The van der Waals surface area contributed by atoms with E-state index in [1.807, 2.05) is 38.1 Å². The summed E-state index contributed by atoms with van der Waals surface area (Å²) in [4.78, 5) is 7.57. The van der Waals surface area contributed by atoms with Crippen LogP contribution in [-0.4, -0.2) is 40.9 Å². The van der Waals surface area contributed by atoms with Crippen LogP contribution in [0, 0.1) is 12.8 Å². The third-order valence-electron chi connectivity index (χ3n) is 4.58. The van der Waals surface area contributed by atoms with E-state index in [0.29, 0.717) is 0 Å². The third kappa shape index (κ3) is 3.60. The van der Waals surface area contributed by atoms with Crippen LogP contribution in [0.2, 0.25) is 0 Å². The first-order valence-electron chi connectivity index (χ1n) is 8.61. The number of aryl methyl sites for hydroxylation is 1. The summed E-state index contributed by atoms with van der Waals surface area (Å²) in [6.07, 6.45) is 7.31. The van der Waals surface area contributed by atoms with Gasteiger partial charge in [0.1, 0.15) is 5.65 Å². The summed E-state index contributed by atoms with van der Waals surface area (Å²) < 4.78 is 28.0. The van der Waals surface area contributed by atoms with Gasteiger partial charge in [0, 0.05) is 17.3 Å². The number of allylic oxidation sites excluding steroid dienone is 3. The van der Waals surface area contributed by atoms with E-state index in [-0.39, 0.29) is 12.5 Å². The fourth-order valence-electron chi connectivity index (χ4n) is 3.27. The summed E-state index contributed by atoms with van der Waals surface area (Å²) in [5.74, 6) is -0.203. The van der Waals surface area contributed by atoms with Crippen LogP contribution in [0.5, 0.6) is 0 Å². The van der Waals surface area contributed by atoms with Gasteiger partial charge in [0.25, 0.3) is 0 Å². The maximum Gasteiger partial charge on any atom is 0.219 e. The molecule has 2 unspecified atom stereocenters. The Morgan fingerprint density at radius 3 is 2.77 bits per heavy atom. The highest BCUT2D eigenvalue weighted by molar-refractivity contribution is 7.90. The lowest BCUT2D eigenvalue weighted by Crippen LogP contribution is -2.50. The van der Waals surface area contributed by atoms with E-state index in [9.17, 15) is 13.5 Å². The number of aromatic nitrogens is 2. The number of aliphatic hydroxyl groups excluding tert-OH is 1. The van der Waals surface area contributed by atoms with E-state index in [1.54, 1.807) is 26.1 Å². The monoisotopic (exact) mass is 375 g/mol. The molecule has 2 aromatic rings. The molecule has 2 atom stereocenters. The Bertz CT molecular complexity index is 987. The van der Waals surface area contributed by atoms with E-state index in [1.165, 1.54) is 0 Å². The Kier molecular flexibility index (Phi) is 4.81. The molecule has 3 rings (SSSR count). The van der Waals surface area contributed by atoms with Gasteiger partial charge in [-0.05, 0) is 50.0 Å². The fraction of sp³-hybridized carbons (Fsp3) is 0.421. The van der Waals surface area contributed by atoms with Crippen molar-refractivity contribution in [3.05, 3.63) is 47.8 Å². The smallest absolute Gasteiger partial charge is 0.219 e. The normalized spacial score (nSPS) is 21.2. The first kappa shape index (κ1) is 18.8. The van der Waals surface area contributed by atoms with Crippen LogP contribution in [0.25, 0.3) is 16.6 Å². The van der Waals surface area contributed by atoms with E-state index in [2.05, 4.69) is 14.7 Å². The maximum atomic E-state index is 12.7. The largest absolute Gasteiger partial charge is 0.394 e. The first-order chi connectivity index (χ1) is 12.1. The molecule has 2 heterocycles. The van der Waals surface area contributed by atoms with Gasteiger partial charge in [0.05, 0.1) is 17.4 Å². The molecule has 0 fully saturated rings. The Morgan fingerprint density at radius 2 is 2.12 bits per heavy atom. The molecule has 7 heteroatoms. The molecule has 0 aromatic carbocycles. The van der Waals surface area contributed by atoms with Crippen molar-refractivity contribution in [1.29, 1.82) is 0 Å². The Balaban J connectivity index is 1.92. The molecule has 140 valence electrons. The molecule has 2 aromatic heterocycles. The van der Waals surface area contributed by atoms with Crippen LogP contribution in [0.1, 0.15) is 32.0 Å². The zero-order chi connectivity index (χ0) is 19.1. The predicted molar refractivity (Wildman–Crippen MR) is 104 cm³/mol. The van der Waals surface area contributed by atoms with Crippen LogP contribution < -0.4 is 4.72 Å². The molecule has 0 bridgehead atoms. The van der Waals surface area contributed by atoms with Gasteiger partial charge in [-0.15, -0.1) is 0 Å². The number of nitrogens with one attached hydrogen (secondary N) is 2. The number of H-pyrrole nitrogens is 1. The summed E-state index contributed by atoms with van der Waals surface area (Å²) >= 11 is 0. The van der Waals surface area contributed by atoms with Gasteiger partial charge >= 0.3 is 0 Å². The highest BCUT2D eigenvalue weighted by atomic mass is 32.2. The second-order valence-corrected chi connectivity index (χ2v) is 9.41. The lowest BCUT2D eigenvalue weighted by molar-refractivity contribution is 0.208. The molecule has 1 aliphatic carbocycles. The minimum Gasteiger partial charge on any atom is -0.394 e. The lowest BCUT2D eigenvalue weighted by Gasteiger charge is -2.29. The Morgan fingerprint density at radius 1 is 1.38 bits per heavy atom. The minimum atomic E-state index is -3.61. The number of aliphatic hydroxyl groups is 1.